The molecule has 5 nitrogen and oxygen atoms in total. The Balaban J connectivity index is 1.46. The van der Waals surface area contributed by atoms with Gasteiger partial charge in [-0.2, -0.15) is 0 Å². The zero-order valence-electron chi connectivity index (χ0n) is 14.2. The highest BCUT2D eigenvalue weighted by Gasteiger charge is 2.30. The SMILES string of the molecule is O=C(N[C@H]1CCC[C@@H]1n1ccnc1)c1ccc(N2CCCC2)c(F)c1. The Morgan fingerprint density at radius 3 is 2.76 bits per heavy atom. The lowest BCUT2D eigenvalue weighted by atomic mass is 10.1. The molecular formula is C19H23FN4O. The number of carbonyl (C=O) groups excluding carboxylic acids is 1. The maximum absolute atomic E-state index is 14.4. The maximum Gasteiger partial charge on any atom is 0.251 e. The molecule has 1 aromatic carbocycles. The van der Waals surface area contributed by atoms with E-state index in [-0.39, 0.29) is 23.8 Å². The quantitative estimate of drug-likeness (QED) is 0.929. The van der Waals surface area contributed by atoms with Crippen LogP contribution in [0.1, 0.15) is 48.5 Å². The minimum atomic E-state index is -0.313. The van der Waals surface area contributed by atoms with E-state index in [2.05, 4.69) is 14.9 Å². The van der Waals surface area contributed by atoms with Crippen LogP contribution in [0, 0.1) is 5.82 Å². The Bertz CT molecular complexity index is 740. The van der Waals surface area contributed by atoms with Gasteiger partial charge in [-0.15, -0.1) is 0 Å². The van der Waals surface area contributed by atoms with Gasteiger partial charge < -0.3 is 14.8 Å². The Morgan fingerprint density at radius 1 is 1.20 bits per heavy atom. The number of anilines is 1. The summed E-state index contributed by atoms with van der Waals surface area (Å²) in [5.41, 5.74) is 0.989. The zero-order chi connectivity index (χ0) is 17.2. The van der Waals surface area contributed by atoms with Gasteiger partial charge in [0.15, 0.2) is 0 Å². The van der Waals surface area contributed by atoms with Crippen molar-refractivity contribution < 1.29 is 9.18 Å². The Kier molecular flexibility index (Phi) is 4.42. The summed E-state index contributed by atoms with van der Waals surface area (Å²) in [6, 6.07) is 5.11. The van der Waals surface area contributed by atoms with Crippen molar-refractivity contribution in [2.45, 2.75) is 44.2 Å². The smallest absolute Gasteiger partial charge is 0.251 e. The number of rotatable bonds is 4. The van der Waals surface area contributed by atoms with E-state index >= 15 is 0 Å². The van der Waals surface area contributed by atoms with Crippen LogP contribution in [0.5, 0.6) is 0 Å². The predicted molar refractivity (Wildman–Crippen MR) is 94.2 cm³/mol. The number of amides is 1. The first-order valence-corrected chi connectivity index (χ1v) is 9.05. The van der Waals surface area contributed by atoms with Crippen LogP contribution in [0.3, 0.4) is 0 Å². The topological polar surface area (TPSA) is 50.2 Å². The number of nitrogens with one attached hydrogen (secondary N) is 1. The first-order chi connectivity index (χ1) is 12.2. The molecule has 0 bridgehead atoms. The van der Waals surface area contributed by atoms with E-state index < -0.39 is 0 Å². The van der Waals surface area contributed by atoms with E-state index in [1.165, 1.54) is 6.07 Å². The highest BCUT2D eigenvalue weighted by Crippen LogP contribution is 2.30. The molecular weight excluding hydrogens is 319 g/mol. The van der Waals surface area contributed by atoms with E-state index in [4.69, 9.17) is 0 Å². The van der Waals surface area contributed by atoms with E-state index in [1.54, 1.807) is 24.7 Å². The highest BCUT2D eigenvalue weighted by molar-refractivity contribution is 5.94. The normalized spacial score (nSPS) is 23.2. The Morgan fingerprint density at radius 2 is 2.04 bits per heavy atom. The second-order valence-electron chi connectivity index (χ2n) is 6.95. The van der Waals surface area contributed by atoms with Crippen molar-refractivity contribution in [3.05, 3.63) is 48.3 Å². The lowest BCUT2D eigenvalue weighted by Crippen LogP contribution is -2.38. The van der Waals surface area contributed by atoms with Gasteiger partial charge in [0, 0.05) is 37.1 Å². The zero-order valence-corrected chi connectivity index (χ0v) is 14.2. The monoisotopic (exact) mass is 342 g/mol. The molecule has 1 saturated carbocycles. The molecule has 0 unspecified atom stereocenters. The molecule has 132 valence electrons. The summed E-state index contributed by atoms with van der Waals surface area (Å²) in [5.74, 6) is -0.518. The van der Waals surface area contributed by atoms with Gasteiger partial charge in [-0.1, -0.05) is 0 Å². The second kappa shape index (κ2) is 6.86. The van der Waals surface area contributed by atoms with Crippen LogP contribution in [-0.2, 0) is 0 Å². The summed E-state index contributed by atoms with van der Waals surface area (Å²) < 4.78 is 16.5. The van der Waals surface area contributed by atoms with Crippen molar-refractivity contribution in [3.63, 3.8) is 0 Å². The minimum absolute atomic E-state index is 0.0584. The average Bonchev–Trinajstić information content (AvgIpc) is 3.36. The van der Waals surface area contributed by atoms with E-state index in [0.29, 0.717) is 11.3 Å². The van der Waals surface area contributed by atoms with Crippen LogP contribution in [0.25, 0.3) is 0 Å². The van der Waals surface area contributed by atoms with Crippen LogP contribution < -0.4 is 10.2 Å². The van der Waals surface area contributed by atoms with Crippen molar-refractivity contribution in [1.29, 1.82) is 0 Å². The summed E-state index contributed by atoms with van der Waals surface area (Å²) in [7, 11) is 0. The summed E-state index contributed by atoms with van der Waals surface area (Å²) >= 11 is 0. The number of aromatic nitrogens is 2. The van der Waals surface area contributed by atoms with E-state index in [1.807, 2.05) is 11.1 Å². The minimum Gasteiger partial charge on any atom is -0.369 e. The fourth-order valence-corrected chi connectivity index (χ4v) is 4.05. The third kappa shape index (κ3) is 3.25. The van der Waals surface area contributed by atoms with Gasteiger partial charge in [0.05, 0.1) is 18.1 Å². The molecule has 25 heavy (non-hydrogen) atoms. The van der Waals surface area contributed by atoms with Crippen molar-refractivity contribution in [2.75, 3.05) is 18.0 Å². The number of imidazole rings is 1. The molecule has 1 aromatic heterocycles. The first-order valence-electron chi connectivity index (χ1n) is 9.05. The van der Waals surface area contributed by atoms with Crippen molar-refractivity contribution >= 4 is 11.6 Å². The van der Waals surface area contributed by atoms with E-state index in [0.717, 1.165) is 45.2 Å². The van der Waals surface area contributed by atoms with Gasteiger partial charge in [-0.25, -0.2) is 9.37 Å². The van der Waals surface area contributed by atoms with Crippen molar-refractivity contribution in [1.82, 2.24) is 14.9 Å². The molecule has 2 aliphatic rings. The van der Waals surface area contributed by atoms with Crippen molar-refractivity contribution in [2.24, 2.45) is 0 Å². The fourth-order valence-electron chi connectivity index (χ4n) is 4.05. The molecule has 2 heterocycles. The number of halogens is 1. The van der Waals surface area contributed by atoms with Crippen molar-refractivity contribution in [3.8, 4) is 0 Å². The summed E-state index contributed by atoms with van der Waals surface area (Å²) in [6.07, 6.45) is 10.7. The van der Waals surface area contributed by atoms with Crippen LogP contribution in [0.2, 0.25) is 0 Å². The fraction of sp³-hybridized carbons (Fsp3) is 0.474. The van der Waals surface area contributed by atoms with Gasteiger partial charge in [0.25, 0.3) is 5.91 Å². The maximum atomic E-state index is 14.4. The number of hydrogen-bond acceptors (Lipinski definition) is 3. The molecule has 6 heteroatoms. The standard InChI is InChI=1S/C19H23FN4O/c20-15-12-14(6-7-17(15)23-9-1-2-10-23)19(25)22-16-4-3-5-18(16)24-11-8-21-13-24/h6-8,11-13,16,18H,1-5,9-10H2,(H,22,25)/t16-,18-/m0/s1. The lowest BCUT2D eigenvalue weighted by Gasteiger charge is -2.23. The average molecular weight is 342 g/mol. The van der Waals surface area contributed by atoms with E-state index in [9.17, 15) is 9.18 Å². The molecule has 4 rings (SSSR count). The molecule has 2 atom stereocenters. The van der Waals surface area contributed by atoms with Gasteiger partial charge in [-0.3, -0.25) is 4.79 Å². The van der Waals surface area contributed by atoms with Gasteiger partial charge in [0.1, 0.15) is 5.82 Å². The van der Waals surface area contributed by atoms with Crippen LogP contribution >= 0.6 is 0 Å². The number of hydrogen-bond donors (Lipinski definition) is 1. The highest BCUT2D eigenvalue weighted by atomic mass is 19.1. The first kappa shape index (κ1) is 16.1. The molecule has 1 N–H and O–H groups in total. The Hall–Kier alpha value is -2.37. The third-order valence-electron chi connectivity index (χ3n) is 5.36. The Labute approximate surface area is 146 Å². The molecule has 2 aromatic rings. The van der Waals surface area contributed by atoms with Crippen LogP contribution in [-0.4, -0.2) is 34.6 Å². The second-order valence-corrected chi connectivity index (χ2v) is 6.95. The molecule has 2 fully saturated rings. The molecule has 0 spiro atoms. The predicted octanol–water partition coefficient (Wildman–Crippen LogP) is 3.15. The molecule has 1 aliphatic heterocycles. The van der Waals surface area contributed by atoms with Gasteiger partial charge in [-0.05, 0) is 50.3 Å². The molecule has 1 amide bonds. The third-order valence-corrected chi connectivity index (χ3v) is 5.36. The largest absolute Gasteiger partial charge is 0.369 e. The summed E-state index contributed by atoms with van der Waals surface area (Å²) in [6.45, 7) is 1.77. The lowest BCUT2D eigenvalue weighted by molar-refractivity contribution is 0.0928. The number of carbonyl (C=O) groups is 1. The van der Waals surface area contributed by atoms with Crippen LogP contribution in [0.4, 0.5) is 10.1 Å². The summed E-state index contributed by atoms with van der Waals surface area (Å²) in [4.78, 5) is 18.7. The van der Waals surface area contributed by atoms with Gasteiger partial charge >= 0.3 is 0 Å². The summed E-state index contributed by atoms with van der Waals surface area (Å²) in [5, 5.41) is 3.08. The molecule has 1 saturated heterocycles. The number of nitrogens with zero attached hydrogens (tertiary/aromatic N) is 3. The molecule has 0 radical (unpaired) electrons. The van der Waals surface area contributed by atoms with Gasteiger partial charge in [0.2, 0.25) is 0 Å². The van der Waals surface area contributed by atoms with Crippen LogP contribution in [0.15, 0.2) is 36.9 Å². The molecule has 1 aliphatic carbocycles. The number of benzene rings is 1.